The smallest absolute Gasteiger partial charge is 0.308 e. The standard InChI is InChI=1S/C26H33N5O5S/c1-5-10-29(13-30-17-9-7-6-8-16(17)27-28-30)24(34)22-26-15(4)11-19(37-26)20(25(35)36)21(26)23(33)31(22)18(12-32)14(2)3/h5-9,14-15,18-22,32H,1,10-13H2,2-4H3,(H,35,36)/t15?,18-,19-,20+,21-,22?,26?/m0/s1. The maximum atomic E-state index is 14.5. The summed E-state index contributed by atoms with van der Waals surface area (Å²) in [6.45, 7) is 9.64. The molecule has 11 heteroatoms. The van der Waals surface area contributed by atoms with Gasteiger partial charge in [0.25, 0.3) is 0 Å². The second kappa shape index (κ2) is 9.43. The molecule has 1 aromatic heterocycles. The lowest BCUT2D eigenvalue weighted by atomic mass is 9.66. The van der Waals surface area contributed by atoms with Crippen LogP contribution in [0, 0.1) is 23.7 Å². The number of rotatable bonds is 9. The Hall–Kier alpha value is -2.92. The molecule has 0 saturated carbocycles. The molecule has 37 heavy (non-hydrogen) atoms. The number of aromatic nitrogens is 3. The summed E-state index contributed by atoms with van der Waals surface area (Å²) in [6.07, 6.45) is 2.26. The number of aliphatic hydroxyl groups excluding tert-OH is 1. The van der Waals surface area contributed by atoms with Crippen LogP contribution in [0.25, 0.3) is 11.0 Å². The average molecular weight is 528 g/mol. The Morgan fingerprint density at radius 1 is 1.35 bits per heavy atom. The molecule has 10 nitrogen and oxygen atoms in total. The van der Waals surface area contributed by atoms with E-state index in [4.69, 9.17) is 0 Å². The zero-order valence-electron chi connectivity index (χ0n) is 21.2. The van der Waals surface area contributed by atoms with Gasteiger partial charge in [0.15, 0.2) is 0 Å². The monoisotopic (exact) mass is 527 g/mol. The maximum absolute atomic E-state index is 14.5. The lowest BCUT2D eigenvalue weighted by Gasteiger charge is -2.42. The first-order valence-electron chi connectivity index (χ1n) is 12.7. The molecule has 4 heterocycles. The van der Waals surface area contributed by atoms with Gasteiger partial charge in [0.05, 0.1) is 34.7 Å². The highest BCUT2D eigenvalue weighted by Crippen LogP contribution is 2.69. The second-order valence-corrected chi connectivity index (χ2v) is 12.2. The van der Waals surface area contributed by atoms with Gasteiger partial charge in [-0.25, -0.2) is 4.68 Å². The summed E-state index contributed by atoms with van der Waals surface area (Å²) in [5.41, 5.74) is 1.47. The van der Waals surface area contributed by atoms with Gasteiger partial charge in [-0.2, -0.15) is 0 Å². The van der Waals surface area contributed by atoms with Gasteiger partial charge in [0, 0.05) is 11.8 Å². The third kappa shape index (κ3) is 3.69. The zero-order chi connectivity index (χ0) is 26.6. The van der Waals surface area contributed by atoms with E-state index in [0.717, 1.165) is 5.52 Å². The highest BCUT2D eigenvalue weighted by atomic mass is 32.2. The van der Waals surface area contributed by atoms with Crippen LogP contribution in [0.4, 0.5) is 0 Å². The number of carboxylic acid groups (broad SMARTS) is 1. The summed E-state index contributed by atoms with van der Waals surface area (Å²) < 4.78 is 0.760. The minimum absolute atomic E-state index is 0.0460. The van der Waals surface area contributed by atoms with Crippen molar-refractivity contribution in [1.82, 2.24) is 24.8 Å². The summed E-state index contributed by atoms with van der Waals surface area (Å²) in [4.78, 5) is 44.0. The first kappa shape index (κ1) is 25.7. The molecule has 1 aromatic carbocycles. The van der Waals surface area contributed by atoms with Crippen molar-refractivity contribution in [2.45, 2.75) is 55.9 Å². The molecule has 2 aromatic rings. The molecule has 198 valence electrons. The molecular formula is C26H33N5O5S. The number of carboxylic acids is 1. The number of thioether (sulfide) groups is 1. The number of likely N-dealkylation sites (tertiary alicyclic amines) is 1. The van der Waals surface area contributed by atoms with E-state index in [1.54, 1.807) is 15.7 Å². The third-order valence-electron chi connectivity index (χ3n) is 8.40. The van der Waals surface area contributed by atoms with Crippen molar-refractivity contribution in [2.24, 2.45) is 23.7 Å². The van der Waals surface area contributed by atoms with Gasteiger partial charge in [0.1, 0.15) is 18.2 Å². The van der Waals surface area contributed by atoms with Gasteiger partial charge >= 0.3 is 5.97 Å². The number of hydrogen-bond donors (Lipinski definition) is 2. The SMILES string of the molecule is C=CCN(Cn1nnc2ccccc21)C(=O)C1N([C@@H](CO)C(C)C)C(=O)[C@@H]2[C@H](C(=O)O)[C@@H]3CC(C)C12S3. The zero-order valence-corrected chi connectivity index (χ0v) is 22.0. The number of hydrogen-bond acceptors (Lipinski definition) is 7. The van der Waals surface area contributed by atoms with Crippen molar-refractivity contribution in [3.05, 3.63) is 36.9 Å². The number of para-hydroxylation sites is 1. The van der Waals surface area contributed by atoms with Gasteiger partial charge in [-0.15, -0.1) is 23.4 Å². The van der Waals surface area contributed by atoms with Crippen LogP contribution in [0.15, 0.2) is 36.9 Å². The molecule has 3 fully saturated rings. The van der Waals surface area contributed by atoms with Crippen molar-refractivity contribution >= 4 is 40.6 Å². The van der Waals surface area contributed by atoms with Crippen LogP contribution in [-0.2, 0) is 21.1 Å². The Balaban J connectivity index is 1.60. The van der Waals surface area contributed by atoms with E-state index in [1.165, 1.54) is 16.7 Å². The summed E-state index contributed by atoms with van der Waals surface area (Å²) in [6, 6.07) is 5.94. The largest absolute Gasteiger partial charge is 0.481 e. The second-order valence-electron chi connectivity index (χ2n) is 10.7. The predicted molar refractivity (Wildman–Crippen MR) is 138 cm³/mol. The number of carbonyl (C=O) groups excluding carboxylic acids is 2. The van der Waals surface area contributed by atoms with Gasteiger partial charge in [-0.05, 0) is 30.4 Å². The van der Waals surface area contributed by atoms with Gasteiger partial charge in [0.2, 0.25) is 11.8 Å². The van der Waals surface area contributed by atoms with Gasteiger partial charge in [-0.3, -0.25) is 14.4 Å². The third-order valence-corrected chi connectivity index (χ3v) is 10.5. The normalized spacial score (nSPS) is 31.2. The summed E-state index contributed by atoms with van der Waals surface area (Å²) in [5.74, 6) is -3.48. The first-order valence-corrected chi connectivity index (χ1v) is 13.6. The van der Waals surface area contributed by atoms with Crippen LogP contribution in [0.3, 0.4) is 0 Å². The van der Waals surface area contributed by atoms with E-state index >= 15 is 0 Å². The summed E-state index contributed by atoms with van der Waals surface area (Å²) >= 11 is 1.49. The van der Waals surface area contributed by atoms with Crippen LogP contribution < -0.4 is 0 Å². The molecule has 3 aliphatic heterocycles. The van der Waals surface area contributed by atoms with Crippen molar-refractivity contribution in [3.8, 4) is 0 Å². The Bertz CT molecular complexity index is 1250. The van der Waals surface area contributed by atoms with E-state index in [2.05, 4.69) is 16.9 Å². The number of aliphatic hydroxyl groups is 1. The molecule has 0 aliphatic carbocycles. The fourth-order valence-corrected chi connectivity index (χ4v) is 9.12. The number of carbonyl (C=O) groups is 3. The molecule has 5 rings (SSSR count). The Labute approximate surface area is 219 Å². The lowest BCUT2D eigenvalue weighted by Crippen LogP contribution is -2.60. The van der Waals surface area contributed by atoms with Crippen molar-refractivity contribution in [2.75, 3.05) is 13.2 Å². The topological polar surface area (TPSA) is 129 Å². The number of aliphatic carboxylic acids is 1. The number of benzene rings is 1. The Morgan fingerprint density at radius 2 is 2.08 bits per heavy atom. The number of amides is 2. The van der Waals surface area contributed by atoms with E-state index in [1.807, 2.05) is 45.0 Å². The quantitative estimate of drug-likeness (QED) is 0.473. The van der Waals surface area contributed by atoms with Crippen molar-refractivity contribution in [3.63, 3.8) is 0 Å². The van der Waals surface area contributed by atoms with Crippen LogP contribution in [-0.4, -0.2) is 88.0 Å². The molecule has 2 bridgehead atoms. The highest BCUT2D eigenvalue weighted by molar-refractivity contribution is 8.02. The number of fused-ring (bicyclic) bond motifs is 2. The molecule has 3 saturated heterocycles. The fraction of sp³-hybridized carbons (Fsp3) is 0.577. The van der Waals surface area contributed by atoms with Crippen molar-refractivity contribution < 1.29 is 24.6 Å². The molecule has 3 aliphatic rings. The molecule has 2 amide bonds. The molecule has 3 unspecified atom stereocenters. The van der Waals surface area contributed by atoms with Crippen LogP contribution >= 0.6 is 11.8 Å². The van der Waals surface area contributed by atoms with Gasteiger partial charge < -0.3 is 20.0 Å². The van der Waals surface area contributed by atoms with Crippen LogP contribution in [0.5, 0.6) is 0 Å². The highest BCUT2D eigenvalue weighted by Gasteiger charge is 2.77. The van der Waals surface area contributed by atoms with E-state index in [0.29, 0.717) is 11.9 Å². The molecular weight excluding hydrogens is 494 g/mol. The maximum Gasteiger partial charge on any atom is 0.308 e. The van der Waals surface area contributed by atoms with E-state index in [-0.39, 0.29) is 48.7 Å². The van der Waals surface area contributed by atoms with E-state index < -0.39 is 34.6 Å². The molecule has 0 radical (unpaired) electrons. The Morgan fingerprint density at radius 3 is 2.73 bits per heavy atom. The van der Waals surface area contributed by atoms with Crippen LogP contribution in [0.2, 0.25) is 0 Å². The fourth-order valence-electron chi connectivity index (χ4n) is 6.73. The molecule has 7 atom stereocenters. The minimum Gasteiger partial charge on any atom is -0.481 e. The first-order chi connectivity index (χ1) is 17.7. The lowest BCUT2D eigenvalue weighted by molar-refractivity contribution is -0.150. The van der Waals surface area contributed by atoms with Gasteiger partial charge in [-0.1, -0.05) is 44.2 Å². The number of nitrogens with zero attached hydrogens (tertiary/aromatic N) is 5. The minimum atomic E-state index is -1.00. The van der Waals surface area contributed by atoms with E-state index in [9.17, 15) is 24.6 Å². The summed E-state index contributed by atoms with van der Waals surface area (Å²) in [5, 5.41) is 28.6. The molecule has 1 spiro atoms. The van der Waals surface area contributed by atoms with Crippen LogP contribution in [0.1, 0.15) is 27.2 Å². The Kier molecular flexibility index (Phi) is 6.56. The molecule has 2 N–H and O–H groups in total. The summed E-state index contributed by atoms with van der Waals surface area (Å²) in [7, 11) is 0. The van der Waals surface area contributed by atoms with Crippen molar-refractivity contribution in [1.29, 1.82) is 0 Å². The predicted octanol–water partition coefficient (Wildman–Crippen LogP) is 1.84. The average Bonchev–Trinajstić information content (AvgIpc) is 3.57.